The maximum absolute atomic E-state index is 13.1. The van der Waals surface area contributed by atoms with Gasteiger partial charge in [-0.15, -0.1) is 0 Å². The van der Waals surface area contributed by atoms with Crippen LogP contribution >= 0.6 is 0 Å². The molecule has 1 heterocycles. The van der Waals surface area contributed by atoms with Crippen LogP contribution in [-0.2, 0) is 0 Å². The van der Waals surface area contributed by atoms with E-state index in [-0.39, 0.29) is 5.92 Å². The van der Waals surface area contributed by atoms with Gasteiger partial charge in [0, 0.05) is 25.0 Å². The summed E-state index contributed by atoms with van der Waals surface area (Å²) in [4.78, 5) is 2.14. The Hall–Kier alpha value is -0.150. The number of hydrogen-bond acceptors (Lipinski definition) is 2. The average Bonchev–Trinajstić information content (AvgIpc) is 2.31. The van der Waals surface area contributed by atoms with Crippen LogP contribution in [0.4, 0.5) is 4.39 Å². The Labute approximate surface area is 67.6 Å². The molecule has 0 amide bonds. The molecule has 1 fully saturated rings. The predicted molar refractivity (Wildman–Crippen MR) is 44.1 cm³/mol. The van der Waals surface area contributed by atoms with E-state index in [0.717, 1.165) is 6.54 Å². The van der Waals surface area contributed by atoms with Gasteiger partial charge in [-0.1, -0.05) is 0 Å². The lowest BCUT2D eigenvalue weighted by Gasteiger charge is -2.19. The minimum atomic E-state index is -0.706. The molecule has 1 aliphatic heterocycles. The zero-order valence-corrected chi connectivity index (χ0v) is 7.26. The fourth-order valence-electron chi connectivity index (χ4n) is 1.51. The van der Waals surface area contributed by atoms with E-state index < -0.39 is 6.17 Å². The molecular weight excluding hydrogens is 143 g/mol. The van der Waals surface area contributed by atoms with Crippen LogP contribution < -0.4 is 5.73 Å². The molecule has 2 N–H and O–H groups in total. The molecule has 2 unspecified atom stereocenters. The van der Waals surface area contributed by atoms with Crippen LogP contribution in [-0.4, -0.2) is 36.7 Å². The monoisotopic (exact) mass is 160 g/mol. The predicted octanol–water partition coefficient (Wildman–Crippen LogP) is 0.623. The molecule has 11 heavy (non-hydrogen) atoms. The number of likely N-dealkylation sites (tertiary alicyclic amines) is 1. The molecule has 2 atom stereocenters. The molecule has 1 rings (SSSR count). The Morgan fingerprint density at radius 1 is 1.55 bits per heavy atom. The number of rotatable bonds is 2. The van der Waals surface area contributed by atoms with Crippen LogP contribution in [0.25, 0.3) is 0 Å². The van der Waals surface area contributed by atoms with Gasteiger partial charge in [-0.3, -0.25) is 4.90 Å². The van der Waals surface area contributed by atoms with Crippen LogP contribution in [0, 0.1) is 5.92 Å². The molecule has 0 bridgehead atoms. The summed E-state index contributed by atoms with van der Waals surface area (Å²) in [5, 5.41) is 0. The smallest absolute Gasteiger partial charge is 0.118 e. The summed E-state index contributed by atoms with van der Waals surface area (Å²) in [6.07, 6.45) is -0.706. The van der Waals surface area contributed by atoms with Gasteiger partial charge in [-0.05, 0) is 20.4 Å². The zero-order valence-electron chi connectivity index (χ0n) is 7.26. The first-order valence-electron chi connectivity index (χ1n) is 4.23. The highest BCUT2D eigenvalue weighted by Crippen LogP contribution is 2.20. The van der Waals surface area contributed by atoms with Gasteiger partial charge in [0.25, 0.3) is 0 Å². The van der Waals surface area contributed by atoms with Crippen molar-refractivity contribution >= 4 is 0 Å². The third-order valence-electron chi connectivity index (χ3n) is 2.42. The van der Waals surface area contributed by atoms with Crippen LogP contribution in [0.2, 0.25) is 0 Å². The zero-order chi connectivity index (χ0) is 8.43. The van der Waals surface area contributed by atoms with E-state index in [1.54, 1.807) is 0 Å². The van der Waals surface area contributed by atoms with Crippen molar-refractivity contribution in [2.45, 2.75) is 26.1 Å². The van der Waals surface area contributed by atoms with Gasteiger partial charge in [0.15, 0.2) is 0 Å². The summed E-state index contributed by atoms with van der Waals surface area (Å²) in [5.41, 5.74) is 5.42. The molecule has 66 valence electrons. The van der Waals surface area contributed by atoms with E-state index in [0.29, 0.717) is 19.1 Å². The Morgan fingerprint density at radius 2 is 2.18 bits per heavy atom. The largest absolute Gasteiger partial charge is 0.330 e. The molecule has 0 spiro atoms. The lowest BCUT2D eigenvalue weighted by atomic mass is 10.1. The number of nitrogens with zero attached hydrogens (tertiary/aromatic N) is 1. The molecule has 2 nitrogen and oxygen atoms in total. The van der Waals surface area contributed by atoms with Crippen molar-refractivity contribution in [2.24, 2.45) is 11.7 Å². The number of hydrogen-bond donors (Lipinski definition) is 1. The van der Waals surface area contributed by atoms with Crippen molar-refractivity contribution in [1.29, 1.82) is 0 Å². The van der Waals surface area contributed by atoms with Crippen molar-refractivity contribution < 1.29 is 4.39 Å². The summed E-state index contributed by atoms with van der Waals surface area (Å²) in [7, 11) is 0. The van der Waals surface area contributed by atoms with Crippen molar-refractivity contribution in [3.63, 3.8) is 0 Å². The summed E-state index contributed by atoms with van der Waals surface area (Å²) in [5.74, 6) is 0.0670. The van der Waals surface area contributed by atoms with Gasteiger partial charge in [-0.2, -0.15) is 0 Å². The van der Waals surface area contributed by atoms with Crippen LogP contribution in [0.5, 0.6) is 0 Å². The van der Waals surface area contributed by atoms with Gasteiger partial charge >= 0.3 is 0 Å². The fourth-order valence-corrected chi connectivity index (χ4v) is 1.51. The maximum Gasteiger partial charge on any atom is 0.118 e. The minimum absolute atomic E-state index is 0.0670. The van der Waals surface area contributed by atoms with E-state index >= 15 is 0 Å². The Morgan fingerprint density at radius 3 is 2.45 bits per heavy atom. The summed E-state index contributed by atoms with van der Waals surface area (Å²) < 4.78 is 13.1. The quantitative estimate of drug-likeness (QED) is 0.641. The highest BCUT2D eigenvalue weighted by molar-refractivity contribution is 4.85. The first-order valence-corrected chi connectivity index (χ1v) is 4.23. The lowest BCUT2D eigenvalue weighted by molar-refractivity contribution is 0.245. The topological polar surface area (TPSA) is 29.3 Å². The standard InChI is InChI=1S/C8H17FN2/c1-6(2)11-4-7(3-10)8(9)5-11/h6-8H,3-5,10H2,1-2H3. The SMILES string of the molecule is CC(C)N1CC(F)C(CN)C1. The number of alkyl halides is 1. The van der Waals surface area contributed by atoms with Gasteiger partial charge in [0.2, 0.25) is 0 Å². The minimum Gasteiger partial charge on any atom is -0.330 e. The van der Waals surface area contributed by atoms with Crippen LogP contribution in [0.1, 0.15) is 13.8 Å². The van der Waals surface area contributed by atoms with Crippen molar-refractivity contribution in [2.75, 3.05) is 19.6 Å². The first kappa shape index (κ1) is 8.94. The molecule has 0 radical (unpaired) electrons. The van der Waals surface area contributed by atoms with Gasteiger partial charge in [-0.25, -0.2) is 4.39 Å². The van der Waals surface area contributed by atoms with E-state index in [1.807, 2.05) is 0 Å². The van der Waals surface area contributed by atoms with Crippen molar-refractivity contribution in [1.82, 2.24) is 4.90 Å². The summed E-state index contributed by atoms with van der Waals surface area (Å²) in [6, 6.07) is 0.449. The molecule has 0 aliphatic carbocycles. The van der Waals surface area contributed by atoms with Crippen LogP contribution in [0.3, 0.4) is 0 Å². The Kier molecular flexibility index (Phi) is 2.84. The molecule has 0 aromatic carbocycles. The molecule has 0 saturated carbocycles. The first-order chi connectivity index (χ1) is 5.15. The van der Waals surface area contributed by atoms with Gasteiger partial charge in [0.05, 0.1) is 0 Å². The van der Waals surface area contributed by atoms with E-state index in [9.17, 15) is 4.39 Å². The molecule has 0 aromatic rings. The molecule has 1 saturated heterocycles. The van der Waals surface area contributed by atoms with E-state index in [4.69, 9.17) is 5.73 Å². The van der Waals surface area contributed by atoms with E-state index in [1.165, 1.54) is 0 Å². The average molecular weight is 160 g/mol. The summed E-state index contributed by atoms with van der Waals surface area (Å²) in [6.45, 7) is 6.05. The Balaban J connectivity index is 2.43. The molecular formula is C8H17FN2. The summed E-state index contributed by atoms with van der Waals surface area (Å²) >= 11 is 0. The highest BCUT2D eigenvalue weighted by atomic mass is 19.1. The fraction of sp³-hybridized carbons (Fsp3) is 1.00. The molecule has 3 heteroatoms. The molecule has 1 aliphatic rings. The number of nitrogens with two attached hydrogens (primary N) is 1. The third-order valence-corrected chi connectivity index (χ3v) is 2.42. The van der Waals surface area contributed by atoms with Gasteiger partial charge < -0.3 is 5.73 Å². The highest BCUT2D eigenvalue weighted by Gasteiger charge is 2.32. The van der Waals surface area contributed by atoms with Crippen LogP contribution in [0.15, 0.2) is 0 Å². The van der Waals surface area contributed by atoms with Crippen molar-refractivity contribution in [3.05, 3.63) is 0 Å². The maximum atomic E-state index is 13.1. The second-order valence-corrected chi connectivity index (χ2v) is 3.56. The van der Waals surface area contributed by atoms with Gasteiger partial charge in [0.1, 0.15) is 6.17 Å². The Bertz CT molecular complexity index is 127. The third kappa shape index (κ3) is 1.91. The van der Waals surface area contributed by atoms with Crippen molar-refractivity contribution in [3.8, 4) is 0 Å². The normalized spacial score (nSPS) is 33.5. The van der Waals surface area contributed by atoms with E-state index in [2.05, 4.69) is 18.7 Å². The second-order valence-electron chi connectivity index (χ2n) is 3.56. The second kappa shape index (κ2) is 3.50. The lowest BCUT2D eigenvalue weighted by Crippen LogP contribution is -2.29. The number of halogens is 1. The molecule has 0 aromatic heterocycles.